The molecule has 3 nitrogen and oxygen atoms in total. The molecule has 0 aliphatic rings. The normalized spacial score (nSPS) is 9.20. The van der Waals surface area contributed by atoms with Gasteiger partial charge in [0.05, 0.1) is 0 Å². The lowest BCUT2D eigenvalue weighted by molar-refractivity contribution is 0.215. The van der Waals surface area contributed by atoms with Crippen molar-refractivity contribution in [2.24, 2.45) is 0 Å². The molecule has 0 spiro atoms. The molecule has 0 unspecified atom stereocenters. The van der Waals surface area contributed by atoms with Gasteiger partial charge in [-0.1, -0.05) is 54.0 Å². The van der Waals surface area contributed by atoms with Crippen molar-refractivity contribution in [3.63, 3.8) is 0 Å². The fourth-order valence-electron chi connectivity index (χ4n) is 1.41. The second-order valence-electron chi connectivity index (χ2n) is 3.79. The Morgan fingerprint density at radius 1 is 1.10 bits per heavy atom. The highest BCUT2D eigenvalue weighted by Gasteiger charge is 2.05. The fraction of sp³-hybridized carbons (Fsp3) is 0.188. The standard InChI is InChI=1S/C14H12BrNO2.C2H6/c1-10-7-8-11(9-13(10)15)16-14(17)18-12-5-3-2-4-6-12;1-2/h2-9H,1H3,(H,16,17);1-2H3. The zero-order chi connectivity index (χ0) is 15.0. The molecule has 106 valence electrons. The van der Waals surface area contributed by atoms with E-state index in [-0.39, 0.29) is 0 Å². The van der Waals surface area contributed by atoms with E-state index in [0.717, 1.165) is 10.0 Å². The van der Waals surface area contributed by atoms with Crippen molar-refractivity contribution in [3.8, 4) is 5.75 Å². The highest BCUT2D eigenvalue weighted by atomic mass is 79.9. The molecule has 0 aliphatic heterocycles. The Labute approximate surface area is 128 Å². The average Bonchev–Trinajstić information content (AvgIpc) is 2.46. The summed E-state index contributed by atoms with van der Waals surface area (Å²) in [4.78, 5) is 11.6. The smallest absolute Gasteiger partial charge is 0.410 e. The molecule has 2 aromatic carbocycles. The molecule has 2 aromatic rings. The number of carbonyl (C=O) groups is 1. The van der Waals surface area contributed by atoms with Crippen LogP contribution in [0, 0.1) is 6.92 Å². The minimum absolute atomic E-state index is 0.503. The van der Waals surface area contributed by atoms with Gasteiger partial charge in [0.2, 0.25) is 0 Å². The van der Waals surface area contributed by atoms with E-state index >= 15 is 0 Å². The quantitative estimate of drug-likeness (QED) is 0.798. The first kappa shape index (κ1) is 16.2. The van der Waals surface area contributed by atoms with Gasteiger partial charge in [-0.05, 0) is 36.8 Å². The summed E-state index contributed by atoms with van der Waals surface area (Å²) in [5.74, 6) is 0.515. The lowest BCUT2D eigenvalue weighted by Crippen LogP contribution is -2.16. The molecule has 2 rings (SSSR count). The molecule has 0 radical (unpaired) electrons. The van der Waals surface area contributed by atoms with E-state index < -0.39 is 6.09 Å². The maximum Gasteiger partial charge on any atom is 0.417 e. The van der Waals surface area contributed by atoms with Crippen LogP contribution in [0.5, 0.6) is 5.75 Å². The van der Waals surface area contributed by atoms with Gasteiger partial charge in [0, 0.05) is 10.2 Å². The van der Waals surface area contributed by atoms with E-state index in [9.17, 15) is 4.79 Å². The van der Waals surface area contributed by atoms with Crippen LogP contribution in [0.2, 0.25) is 0 Å². The number of aryl methyl sites for hydroxylation is 1. The van der Waals surface area contributed by atoms with Crippen molar-refractivity contribution < 1.29 is 9.53 Å². The number of para-hydroxylation sites is 1. The zero-order valence-corrected chi connectivity index (χ0v) is 13.4. The van der Waals surface area contributed by atoms with Crippen molar-refractivity contribution >= 4 is 27.7 Å². The van der Waals surface area contributed by atoms with Gasteiger partial charge in [-0.15, -0.1) is 0 Å². The summed E-state index contributed by atoms with van der Waals surface area (Å²) in [6.45, 7) is 5.98. The van der Waals surface area contributed by atoms with E-state index in [2.05, 4.69) is 21.2 Å². The predicted molar refractivity (Wildman–Crippen MR) is 86.3 cm³/mol. The van der Waals surface area contributed by atoms with Crippen LogP contribution in [0.1, 0.15) is 19.4 Å². The second kappa shape index (κ2) is 8.38. The first-order valence-electron chi connectivity index (χ1n) is 6.45. The molecular weight excluding hydrogens is 318 g/mol. The highest BCUT2D eigenvalue weighted by molar-refractivity contribution is 9.10. The Bertz CT molecular complexity index is 556. The summed E-state index contributed by atoms with van der Waals surface area (Å²) in [5, 5.41) is 2.67. The van der Waals surface area contributed by atoms with E-state index in [1.54, 1.807) is 12.1 Å². The van der Waals surface area contributed by atoms with Crippen LogP contribution in [-0.4, -0.2) is 6.09 Å². The minimum atomic E-state index is -0.503. The molecule has 0 aromatic heterocycles. The summed E-state index contributed by atoms with van der Waals surface area (Å²) >= 11 is 3.41. The monoisotopic (exact) mass is 335 g/mol. The van der Waals surface area contributed by atoms with E-state index in [1.165, 1.54) is 0 Å². The van der Waals surface area contributed by atoms with Gasteiger partial charge in [0.25, 0.3) is 0 Å². The first-order chi connectivity index (χ1) is 9.65. The van der Waals surface area contributed by atoms with Crippen LogP contribution in [0.15, 0.2) is 53.0 Å². The molecule has 20 heavy (non-hydrogen) atoms. The van der Waals surface area contributed by atoms with Crippen molar-refractivity contribution in [1.29, 1.82) is 0 Å². The lowest BCUT2D eigenvalue weighted by Gasteiger charge is -2.07. The zero-order valence-electron chi connectivity index (χ0n) is 11.8. The second-order valence-corrected chi connectivity index (χ2v) is 4.65. The van der Waals surface area contributed by atoms with Crippen LogP contribution >= 0.6 is 15.9 Å². The number of anilines is 1. The number of hydrogen-bond donors (Lipinski definition) is 1. The van der Waals surface area contributed by atoms with Crippen LogP contribution in [0.25, 0.3) is 0 Å². The molecule has 0 saturated heterocycles. The van der Waals surface area contributed by atoms with Gasteiger partial charge >= 0.3 is 6.09 Å². The van der Waals surface area contributed by atoms with Gasteiger partial charge in [-0.25, -0.2) is 4.79 Å². The molecule has 0 heterocycles. The largest absolute Gasteiger partial charge is 0.417 e. The van der Waals surface area contributed by atoms with Crippen molar-refractivity contribution in [2.45, 2.75) is 20.8 Å². The number of carbonyl (C=O) groups excluding carboxylic acids is 1. The summed E-state index contributed by atoms with van der Waals surface area (Å²) < 4.78 is 6.07. The number of benzene rings is 2. The van der Waals surface area contributed by atoms with Gasteiger partial charge in [0.1, 0.15) is 5.75 Å². The Morgan fingerprint density at radius 2 is 1.75 bits per heavy atom. The molecule has 4 heteroatoms. The third-order valence-corrected chi connectivity index (χ3v) is 3.23. The lowest BCUT2D eigenvalue weighted by atomic mass is 10.2. The SMILES string of the molecule is CC.Cc1ccc(NC(=O)Oc2ccccc2)cc1Br. The molecule has 1 N–H and O–H groups in total. The molecular formula is C16H18BrNO2. The van der Waals surface area contributed by atoms with Gasteiger partial charge < -0.3 is 4.74 Å². The summed E-state index contributed by atoms with van der Waals surface area (Å²) in [7, 11) is 0. The third kappa shape index (κ3) is 5.05. The Kier molecular flexibility index (Phi) is 6.81. The summed E-state index contributed by atoms with van der Waals surface area (Å²) in [6.07, 6.45) is -0.503. The maximum absolute atomic E-state index is 11.6. The number of nitrogens with one attached hydrogen (secondary N) is 1. The van der Waals surface area contributed by atoms with Crippen LogP contribution < -0.4 is 10.1 Å². The van der Waals surface area contributed by atoms with Gasteiger partial charge in [-0.2, -0.15) is 0 Å². The van der Waals surface area contributed by atoms with Crippen molar-refractivity contribution in [2.75, 3.05) is 5.32 Å². The van der Waals surface area contributed by atoms with Crippen LogP contribution in [0.4, 0.5) is 10.5 Å². The third-order valence-electron chi connectivity index (χ3n) is 2.37. The molecule has 0 fully saturated rings. The van der Waals surface area contributed by atoms with Crippen LogP contribution in [-0.2, 0) is 0 Å². The first-order valence-corrected chi connectivity index (χ1v) is 7.24. The summed E-state index contributed by atoms with van der Waals surface area (Å²) in [5.41, 5.74) is 1.80. The van der Waals surface area contributed by atoms with Crippen molar-refractivity contribution in [1.82, 2.24) is 0 Å². The predicted octanol–water partition coefficient (Wildman–Crippen LogP) is 5.39. The Hall–Kier alpha value is -1.81. The molecule has 0 bridgehead atoms. The molecule has 0 aliphatic carbocycles. The van der Waals surface area contributed by atoms with E-state index in [4.69, 9.17) is 4.74 Å². The maximum atomic E-state index is 11.6. The van der Waals surface area contributed by atoms with E-state index in [1.807, 2.05) is 57.2 Å². The highest BCUT2D eigenvalue weighted by Crippen LogP contribution is 2.21. The van der Waals surface area contributed by atoms with Gasteiger partial charge in [-0.3, -0.25) is 5.32 Å². The number of rotatable bonds is 2. The topological polar surface area (TPSA) is 38.3 Å². The van der Waals surface area contributed by atoms with Gasteiger partial charge in [0.15, 0.2) is 0 Å². The van der Waals surface area contributed by atoms with E-state index in [0.29, 0.717) is 11.4 Å². The minimum Gasteiger partial charge on any atom is -0.410 e. The number of ether oxygens (including phenoxy) is 1. The number of amides is 1. The Morgan fingerprint density at radius 3 is 2.35 bits per heavy atom. The van der Waals surface area contributed by atoms with Crippen molar-refractivity contribution in [3.05, 3.63) is 58.6 Å². The fourth-order valence-corrected chi connectivity index (χ4v) is 1.79. The van der Waals surface area contributed by atoms with Crippen LogP contribution in [0.3, 0.4) is 0 Å². The molecule has 0 saturated carbocycles. The molecule has 1 amide bonds. The Balaban J connectivity index is 0.000000956. The summed E-state index contributed by atoms with van der Waals surface area (Å²) in [6, 6.07) is 14.5. The average molecular weight is 336 g/mol. The molecule has 0 atom stereocenters. The number of hydrogen-bond acceptors (Lipinski definition) is 2. The number of halogens is 1.